The van der Waals surface area contributed by atoms with Crippen LogP contribution in [-0.2, 0) is 0 Å². The van der Waals surface area contributed by atoms with Crippen LogP contribution in [0, 0.1) is 0 Å². The van der Waals surface area contributed by atoms with Crippen LogP contribution in [0.5, 0.6) is 0 Å². The van der Waals surface area contributed by atoms with Gasteiger partial charge in [0.15, 0.2) is 10.9 Å². The molecule has 0 aliphatic heterocycles. The second-order valence-corrected chi connectivity index (χ2v) is 7.68. The molecule has 7 nitrogen and oxygen atoms in total. The fraction of sp³-hybridized carbons (Fsp3) is 0.133. The van der Waals surface area contributed by atoms with Gasteiger partial charge in [-0.3, -0.25) is 4.79 Å². The molecule has 26 heavy (non-hydrogen) atoms. The smallest absolute Gasteiger partial charge is 0.335 e. The number of amides is 1. The second-order valence-electron chi connectivity index (χ2n) is 4.91. The number of thiocarbonyl (C=S) groups is 1. The molecule has 0 saturated carbocycles. The van der Waals surface area contributed by atoms with Gasteiger partial charge in [-0.25, -0.2) is 4.79 Å². The molecule has 0 aliphatic carbocycles. The molecule has 0 aliphatic rings. The third-order valence-electron chi connectivity index (χ3n) is 3.01. The Hall–Kier alpha value is -2.00. The molecule has 11 heteroatoms. The van der Waals surface area contributed by atoms with Crippen molar-refractivity contribution in [1.29, 1.82) is 0 Å². The van der Waals surface area contributed by atoms with Crippen LogP contribution < -0.4 is 16.0 Å². The summed E-state index contributed by atoms with van der Waals surface area (Å²) in [6, 6.07) is 8.83. The predicted molar refractivity (Wildman–Crippen MR) is 103 cm³/mol. The van der Waals surface area contributed by atoms with Gasteiger partial charge in [-0.1, -0.05) is 34.8 Å². The SMILES string of the molecule is O=C(O)c1ccc(NC(=S)N[C@H](NC(=O)c2ccco2)C(Cl)(Cl)Cl)cc1. The molecule has 0 fully saturated rings. The van der Waals surface area contributed by atoms with Crippen molar-refractivity contribution < 1.29 is 19.1 Å². The monoisotopic (exact) mass is 435 g/mol. The summed E-state index contributed by atoms with van der Waals surface area (Å²) in [5, 5.41) is 16.8. The Bertz CT molecular complexity index is 791. The third kappa shape index (κ3) is 5.77. The maximum Gasteiger partial charge on any atom is 0.335 e. The number of rotatable bonds is 5. The summed E-state index contributed by atoms with van der Waals surface area (Å²) in [7, 11) is 0. The quantitative estimate of drug-likeness (QED) is 0.323. The Kier molecular flexibility index (Phi) is 6.71. The molecule has 2 aromatic rings. The summed E-state index contributed by atoms with van der Waals surface area (Å²) in [6.45, 7) is 0. The number of halogens is 3. The Balaban J connectivity index is 2.02. The fourth-order valence-electron chi connectivity index (χ4n) is 1.80. The molecule has 0 saturated heterocycles. The highest BCUT2D eigenvalue weighted by molar-refractivity contribution is 7.80. The minimum absolute atomic E-state index is 0.0363. The Labute approximate surface area is 168 Å². The van der Waals surface area contributed by atoms with Crippen molar-refractivity contribution in [3.8, 4) is 0 Å². The van der Waals surface area contributed by atoms with Crippen LogP contribution >= 0.6 is 47.0 Å². The standard InChI is InChI=1S/C15H12Cl3N3O4S/c16-15(17,18)13(20-11(22)10-2-1-7-25-10)21-14(26)19-9-5-3-8(4-6-9)12(23)24/h1-7,13H,(H,20,22)(H,23,24)(H2,19,21,26)/t13-/m0/s1. The van der Waals surface area contributed by atoms with E-state index in [0.717, 1.165) is 0 Å². The van der Waals surface area contributed by atoms with Crippen LogP contribution in [-0.4, -0.2) is 32.1 Å². The lowest BCUT2D eigenvalue weighted by Gasteiger charge is -2.27. The van der Waals surface area contributed by atoms with Gasteiger partial charge in [0.25, 0.3) is 5.91 Å². The normalized spacial score (nSPS) is 12.1. The molecule has 0 spiro atoms. The van der Waals surface area contributed by atoms with E-state index in [9.17, 15) is 9.59 Å². The van der Waals surface area contributed by atoms with E-state index in [0.29, 0.717) is 5.69 Å². The Morgan fingerprint density at radius 3 is 2.27 bits per heavy atom. The average molecular weight is 437 g/mol. The van der Waals surface area contributed by atoms with E-state index in [-0.39, 0.29) is 16.4 Å². The van der Waals surface area contributed by atoms with E-state index in [1.807, 2.05) is 0 Å². The number of furan rings is 1. The van der Waals surface area contributed by atoms with Gasteiger partial charge in [0.1, 0.15) is 6.17 Å². The van der Waals surface area contributed by atoms with Crippen molar-refractivity contribution in [2.24, 2.45) is 0 Å². The van der Waals surface area contributed by atoms with Gasteiger partial charge < -0.3 is 25.5 Å². The highest BCUT2D eigenvalue weighted by Crippen LogP contribution is 2.29. The topological polar surface area (TPSA) is 104 Å². The van der Waals surface area contributed by atoms with Crippen molar-refractivity contribution in [3.05, 3.63) is 54.0 Å². The van der Waals surface area contributed by atoms with Crippen LogP contribution in [0.25, 0.3) is 0 Å². The molecule has 1 heterocycles. The van der Waals surface area contributed by atoms with E-state index in [4.69, 9.17) is 56.5 Å². The van der Waals surface area contributed by atoms with Crippen LogP contribution in [0.4, 0.5) is 5.69 Å². The molecule has 4 N–H and O–H groups in total. The van der Waals surface area contributed by atoms with Gasteiger partial charge in [0.2, 0.25) is 3.79 Å². The van der Waals surface area contributed by atoms with Gasteiger partial charge in [0.05, 0.1) is 11.8 Å². The number of benzene rings is 1. The van der Waals surface area contributed by atoms with Crippen LogP contribution in [0.15, 0.2) is 47.1 Å². The fourth-order valence-corrected chi connectivity index (χ4v) is 2.37. The maximum atomic E-state index is 12.1. The van der Waals surface area contributed by atoms with Crippen LogP contribution in [0.3, 0.4) is 0 Å². The molecular formula is C15H12Cl3N3O4S. The summed E-state index contributed by atoms with van der Waals surface area (Å²) >= 11 is 22.8. The molecule has 0 unspecified atom stereocenters. The number of carbonyl (C=O) groups excluding carboxylic acids is 1. The number of hydrogen-bond donors (Lipinski definition) is 4. The maximum absolute atomic E-state index is 12.1. The summed E-state index contributed by atoms with van der Waals surface area (Å²) in [5.41, 5.74) is 0.632. The summed E-state index contributed by atoms with van der Waals surface area (Å²) in [6.07, 6.45) is 0.169. The molecule has 1 atom stereocenters. The molecule has 0 radical (unpaired) electrons. The first-order valence-electron chi connectivity index (χ1n) is 6.99. The van der Waals surface area contributed by atoms with E-state index in [2.05, 4.69) is 16.0 Å². The van der Waals surface area contributed by atoms with Crippen molar-refractivity contribution >= 4 is 69.7 Å². The molecule has 1 amide bonds. The number of carboxylic acid groups (broad SMARTS) is 1. The minimum Gasteiger partial charge on any atom is -0.478 e. The Morgan fingerprint density at radius 2 is 1.77 bits per heavy atom. The third-order valence-corrected chi connectivity index (χ3v) is 3.89. The van der Waals surface area contributed by atoms with Gasteiger partial charge >= 0.3 is 5.97 Å². The number of carbonyl (C=O) groups is 2. The number of alkyl halides is 3. The number of hydrogen-bond acceptors (Lipinski definition) is 4. The zero-order valence-corrected chi connectivity index (χ0v) is 15.9. The van der Waals surface area contributed by atoms with Crippen LogP contribution in [0.2, 0.25) is 0 Å². The Morgan fingerprint density at radius 1 is 1.12 bits per heavy atom. The van der Waals surface area contributed by atoms with E-state index in [1.54, 1.807) is 6.07 Å². The average Bonchev–Trinajstić information content (AvgIpc) is 3.08. The summed E-state index contributed by atoms with van der Waals surface area (Å²) < 4.78 is 3.06. The largest absolute Gasteiger partial charge is 0.478 e. The van der Waals surface area contributed by atoms with Gasteiger partial charge in [-0.05, 0) is 48.6 Å². The summed E-state index contributed by atoms with van der Waals surface area (Å²) in [4.78, 5) is 22.9. The first-order valence-corrected chi connectivity index (χ1v) is 8.53. The zero-order valence-electron chi connectivity index (χ0n) is 12.8. The highest BCUT2D eigenvalue weighted by atomic mass is 35.6. The molecular weight excluding hydrogens is 425 g/mol. The lowest BCUT2D eigenvalue weighted by molar-refractivity contribution is 0.0696. The van der Waals surface area contributed by atoms with Gasteiger partial charge in [-0.15, -0.1) is 0 Å². The zero-order chi connectivity index (χ0) is 19.3. The van der Waals surface area contributed by atoms with Crippen LogP contribution in [0.1, 0.15) is 20.9 Å². The predicted octanol–water partition coefficient (Wildman–Crippen LogP) is 3.39. The number of nitrogens with one attached hydrogen (secondary N) is 3. The lowest BCUT2D eigenvalue weighted by atomic mass is 10.2. The first kappa shape index (κ1) is 20.3. The lowest BCUT2D eigenvalue weighted by Crippen LogP contribution is -2.56. The van der Waals surface area contributed by atoms with Crippen molar-refractivity contribution in [1.82, 2.24) is 10.6 Å². The second kappa shape index (κ2) is 8.59. The number of aromatic carboxylic acids is 1. The molecule has 1 aromatic heterocycles. The summed E-state index contributed by atoms with van der Waals surface area (Å²) in [5.74, 6) is -1.62. The van der Waals surface area contributed by atoms with Crippen molar-refractivity contribution in [2.45, 2.75) is 9.96 Å². The van der Waals surface area contributed by atoms with E-state index >= 15 is 0 Å². The molecule has 1 aromatic carbocycles. The minimum atomic E-state index is -1.92. The van der Waals surface area contributed by atoms with E-state index in [1.165, 1.54) is 36.6 Å². The number of anilines is 1. The first-order chi connectivity index (χ1) is 12.2. The van der Waals surface area contributed by atoms with E-state index < -0.39 is 21.8 Å². The van der Waals surface area contributed by atoms with Crippen molar-refractivity contribution in [3.63, 3.8) is 0 Å². The number of carboxylic acids is 1. The molecule has 2 rings (SSSR count). The molecule has 0 bridgehead atoms. The molecule has 138 valence electrons. The van der Waals surface area contributed by atoms with Crippen molar-refractivity contribution in [2.75, 3.05) is 5.32 Å². The van der Waals surface area contributed by atoms with Gasteiger partial charge in [-0.2, -0.15) is 0 Å². The van der Waals surface area contributed by atoms with Gasteiger partial charge in [0, 0.05) is 5.69 Å². The highest BCUT2D eigenvalue weighted by Gasteiger charge is 2.35.